The molecule has 0 saturated carbocycles. The maximum atomic E-state index is 12.8. The molecule has 6 heteroatoms. The van der Waals surface area contributed by atoms with Gasteiger partial charge in [0.05, 0.1) is 0 Å². The summed E-state index contributed by atoms with van der Waals surface area (Å²) in [5.41, 5.74) is 0. The Labute approximate surface area is 433 Å². The fourth-order valence-electron chi connectivity index (χ4n) is 8.47. The van der Waals surface area contributed by atoms with Crippen molar-refractivity contribution in [1.29, 1.82) is 0 Å². The minimum Gasteiger partial charge on any atom is -0.462 e. The molecule has 0 rings (SSSR count). The van der Waals surface area contributed by atoms with Crippen molar-refractivity contribution in [2.75, 3.05) is 13.2 Å². The Balaban J connectivity index is 4.21. The highest BCUT2D eigenvalue weighted by molar-refractivity contribution is 5.71. The summed E-state index contributed by atoms with van der Waals surface area (Å²) in [5.74, 6) is -0.879. The molecule has 0 saturated heterocycles. The van der Waals surface area contributed by atoms with Crippen molar-refractivity contribution in [1.82, 2.24) is 0 Å². The molecule has 0 amide bonds. The Morgan fingerprint density at radius 2 is 0.586 bits per heavy atom. The lowest BCUT2D eigenvalue weighted by Gasteiger charge is -2.18. The van der Waals surface area contributed by atoms with Crippen LogP contribution in [0.25, 0.3) is 0 Å². The quantitative estimate of drug-likeness (QED) is 0.0261. The second-order valence-electron chi connectivity index (χ2n) is 19.9. The van der Waals surface area contributed by atoms with Crippen LogP contribution in [0.3, 0.4) is 0 Å². The molecule has 0 aromatic carbocycles. The fourth-order valence-corrected chi connectivity index (χ4v) is 8.47. The average Bonchev–Trinajstić information content (AvgIpc) is 3.36. The number of carbonyl (C=O) groups is 3. The van der Waals surface area contributed by atoms with Crippen molar-refractivity contribution in [3.63, 3.8) is 0 Å². The summed E-state index contributed by atoms with van der Waals surface area (Å²) in [5, 5.41) is 0. The van der Waals surface area contributed by atoms with Gasteiger partial charge in [0, 0.05) is 19.3 Å². The minimum atomic E-state index is -0.776. The van der Waals surface area contributed by atoms with Gasteiger partial charge >= 0.3 is 17.9 Å². The zero-order valence-electron chi connectivity index (χ0n) is 46.3. The van der Waals surface area contributed by atoms with E-state index in [-0.39, 0.29) is 31.1 Å². The van der Waals surface area contributed by atoms with Gasteiger partial charge in [-0.25, -0.2) is 0 Å². The first-order valence-electron chi connectivity index (χ1n) is 29.9. The van der Waals surface area contributed by atoms with Crippen molar-refractivity contribution in [3.8, 4) is 0 Å². The Bertz CT molecular complexity index is 1310. The molecule has 0 aromatic rings. The minimum absolute atomic E-state index is 0.0766. The highest BCUT2D eigenvalue weighted by Crippen LogP contribution is 2.16. The van der Waals surface area contributed by atoms with E-state index in [0.717, 1.165) is 103 Å². The number of allylic oxidation sites excluding steroid dienone is 12. The van der Waals surface area contributed by atoms with Crippen LogP contribution in [0.4, 0.5) is 0 Å². The van der Waals surface area contributed by atoms with Crippen LogP contribution in [0.15, 0.2) is 72.9 Å². The van der Waals surface area contributed by atoms with Crippen molar-refractivity contribution in [2.45, 2.75) is 303 Å². The standard InChI is InChI=1S/C64H112O6/c1-4-7-10-13-16-19-22-24-26-27-28-29-30-31-32-33-34-35-36-37-39-40-42-45-48-51-54-57-63(66)69-60-61(59-68-62(65)56-53-50-47-44-21-18-15-12-9-6-3)70-64(67)58-55-52-49-46-43-41-38-25-23-20-17-14-11-8-5-2/h7,10,12,15-16,19,24,26,28-29,31-32,61H,4-6,8-9,11,13-14,17-18,20-23,25,27,30,33-60H2,1-3H3/b10-7-,15-12-,19-16-,26-24-,29-28-,32-31-. The van der Waals surface area contributed by atoms with Crippen molar-refractivity contribution < 1.29 is 28.6 Å². The van der Waals surface area contributed by atoms with Gasteiger partial charge in [-0.3, -0.25) is 14.4 Å². The summed E-state index contributed by atoms with van der Waals surface area (Å²) in [7, 11) is 0. The summed E-state index contributed by atoms with van der Waals surface area (Å²) in [6.45, 7) is 6.48. The fraction of sp³-hybridized carbons (Fsp3) is 0.766. The second-order valence-corrected chi connectivity index (χ2v) is 19.9. The van der Waals surface area contributed by atoms with Crippen molar-refractivity contribution in [2.24, 2.45) is 0 Å². The Morgan fingerprint density at radius 1 is 0.300 bits per heavy atom. The van der Waals surface area contributed by atoms with E-state index in [2.05, 4.69) is 93.7 Å². The van der Waals surface area contributed by atoms with Crippen molar-refractivity contribution in [3.05, 3.63) is 72.9 Å². The number of carbonyl (C=O) groups excluding carboxylic acids is 3. The lowest BCUT2D eigenvalue weighted by molar-refractivity contribution is -0.167. The topological polar surface area (TPSA) is 78.9 Å². The number of hydrogen-bond donors (Lipinski definition) is 0. The van der Waals surface area contributed by atoms with Crippen LogP contribution in [0.2, 0.25) is 0 Å². The van der Waals surface area contributed by atoms with Gasteiger partial charge in [0.2, 0.25) is 0 Å². The van der Waals surface area contributed by atoms with E-state index in [0.29, 0.717) is 19.3 Å². The van der Waals surface area contributed by atoms with Crippen LogP contribution >= 0.6 is 0 Å². The van der Waals surface area contributed by atoms with Gasteiger partial charge in [-0.15, -0.1) is 0 Å². The molecule has 0 N–H and O–H groups in total. The van der Waals surface area contributed by atoms with Gasteiger partial charge in [-0.1, -0.05) is 267 Å². The van der Waals surface area contributed by atoms with Gasteiger partial charge < -0.3 is 14.2 Å². The lowest BCUT2D eigenvalue weighted by Crippen LogP contribution is -2.30. The smallest absolute Gasteiger partial charge is 0.306 e. The van der Waals surface area contributed by atoms with E-state index in [1.54, 1.807) is 0 Å². The zero-order chi connectivity index (χ0) is 50.7. The monoisotopic (exact) mass is 977 g/mol. The van der Waals surface area contributed by atoms with E-state index < -0.39 is 6.10 Å². The number of esters is 3. The van der Waals surface area contributed by atoms with Crippen LogP contribution in [0.5, 0.6) is 0 Å². The molecule has 1 atom stereocenters. The third-order valence-electron chi connectivity index (χ3n) is 12.9. The molecule has 0 aromatic heterocycles. The molecule has 0 heterocycles. The molecule has 404 valence electrons. The normalized spacial score (nSPS) is 12.6. The molecule has 0 spiro atoms. The maximum Gasteiger partial charge on any atom is 0.306 e. The van der Waals surface area contributed by atoms with E-state index in [1.807, 2.05) is 0 Å². The Morgan fingerprint density at radius 3 is 0.943 bits per heavy atom. The first-order valence-corrected chi connectivity index (χ1v) is 29.9. The Hall–Kier alpha value is -3.15. The number of hydrogen-bond acceptors (Lipinski definition) is 6. The van der Waals surface area contributed by atoms with Gasteiger partial charge in [-0.2, -0.15) is 0 Å². The van der Waals surface area contributed by atoms with E-state index in [1.165, 1.54) is 154 Å². The molecule has 0 aliphatic heterocycles. The molecule has 6 nitrogen and oxygen atoms in total. The largest absolute Gasteiger partial charge is 0.462 e. The van der Waals surface area contributed by atoms with Crippen LogP contribution < -0.4 is 0 Å². The summed E-state index contributed by atoms with van der Waals surface area (Å²) in [6, 6.07) is 0. The molecule has 1 unspecified atom stereocenters. The number of rotatable bonds is 54. The predicted molar refractivity (Wildman–Crippen MR) is 302 cm³/mol. The SMILES string of the molecule is CC/C=C\C/C=C\C/C=C\C/C=C\C/C=C\CCCCCCCCCCCCCC(=O)OCC(COC(=O)CCCCCCC/C=C\CCC)OC(=O)CCCCCCCCCCCCCCCCC. The molecule has 0 aliphatic carbocycles. The van der Waals surface area contributed by atoms with Crippen LogP contribution in [0.1, 0.15) is 297 Å². The van der Waals surface area contributed by atoms with Crippen LogP contribution in [-0.2, 0) is 28.6 Å². The van der Waals surface area contributed by atoms with Crippen molar-refractivity contribution >= 4 is 17.9 Å². The number of unbranched alkanes of at least 4 members (excludes halogenated alkanes) is 31. The van der Waals surface area contributed by atoms with E-state index >= 15 is 0 Å². The summed E-state index contributed by atoms with van der Waals surface area (Å²) >= 11 is 0. The lowest BCUT2D eigenvalue weighted by atomic mass is 10.0. The summed E-state index contributed by atoms with van der Waals surface area (Å²) < 4.78 is 16.8. The third-order valence-corrected chi connectivity index (χ3v) is 12.9. The highest BCUT2D eigenvalue weighted by Gasteiger charge is 2.19. The zero-order valence-corrected chi connectivity index (χ0v) is 46.3. The Kier molecular flexibility index (Phi) is 55.8. The number of ether oxygens (including phenoxy) is 3. The predicted octanol–water partition coefficient (Wildman–Crippen LogP) is 20.2. The highest BCUT2D eigenvalue weighted by atomic mass is 16.6. The molecule has 0 aliphatic rings. The van der Waals surface area contributed by atoms with Gasteiger partial charge in [0.15, 0.2) is 6.10 Å². The molecule has 0 fully saturated rings. The first kappa shape index (κ1) is 66.9. The first-order chi connectivity index (χ1) is 34.5. The van der Waals surface area contributed by atoms with Gasteiger partial charge in [0.1, 0.15) is 13.2 Å². The maximum absolute atomic E-state index is 12.8. The third kappa shape index (κ3) is 55.8. The molecule has 0 bridgehead atoms. The average molecular weight is 978 g/mol. The molecule has 0 radical (unpaired) electrons. The summed E-state index contributed by atoms with van der Waals surface area (Å²) in [4.78, 5) is 38.1. The molecule has 70 heavy (non-hydrogen) atoms. The molecular weight excluding hydrogens is 865 g/mol. The van der Waals surface area contributed by atoms with Crippen LogP contribution in [0, 0.1) is 0 Å². The van der Waals surface area contributed by atoms with Crippen LogP contribution in [-0.4, -0.2) is 37.2 Å². The second kappa shape index (κ2) is 58.4. The van der Waals surface area contributed by atoms with E-state index in [4.69, 9.17) is 14.2 Å². The van der Waals surface area contributed by atoms with E-state index in [9.17, 15) is 14.4 Å². The van der Waals surface area contributed by atoms with Gasteiger partial charge in [-0.05, 0) is 83.5 Å². The summed E-state index contributed by atoms with van der Waals surface area (Å²) in [6.07, 6.45) is 74.8. The molecular formula is C64H112O6. The van der Waals surface area contributed by atoms with Gasteiger partial charge in [0.25, 0.3) is 0 Å².